The number of rotatable bonds is 7. The summed E-state index contributed by atoms with van der Waals surface area (Å²) >= 11 is 0. The highest BCUT2D eigenvalue weighted by Crippen LogP contribution is 2.05. The van der Waals surface area contributed by atoms with Gasteiger partial charge < -0.3 is 10.6 Å². The molecule has 2 N–H and O–H groups in total. The Labute approximate surface area is 130 Å². The molecule has 6 heteroatoms. The minimum atomic E-state index is -0.258. The average Bonchev–Trinajstić information content (AvgIpc) is 2.54. The molecule has 0 fully saturated rings. The van der Waals surface area contributed by atoms with Crippen LogP contribution in [-0.4, -0.2) is 27.6 Å². The van der Waals surface area contributed by atoms with E-state index >= 15 is 0 Å². The number of carbonyl (C=O) groups is 1. The van der Waals surface area contributed by atoms with Crippen molar-refractivity contribution in [3.8, 4) is 0 Å². The van der Waals surface area contributed by atoms with Crippen molar-refractivity contribution >= 4 is 11.7 Å². The summed E-state index contributed by atoms with van der Waals surface area (Å²) in [5, 5.41) is 13.9. The van der Waals surface area contributed by atoms with Crippen LogP contribution >= 0.6 is 0 Å². The molecule has 0 aliphatic carbocycles. The van der Waals surface area contributed by atoms with E-state index in [1.165, 1.54) is 0 Å². The molecule has 0 radical (unpaired) electrons. The van der Waals surface area contributed by atoms with Gasteiger partial charge in [0.25, 0.3) is 5.91 Å². The average molecular weight is 299 g/mol. The van der Waals surface area contributed by atoms with E-state index in [0.29, 0.717) is 24.0 Å². The van der Waals surface area contributed by atoms with Gasteiger partial charge in [-0.1, -0.05) is 19.9 Å². The number of hydrogen-bond donors (Lipinski definition) is 2. The first-order valence-electron chi connectivity index (χ1n) is 7.41. The summed E-state index contributed by atoms with van der Waals surface area (Å²) in [5.74, 6) is 1.06. The van der Waals surface area contributed by atoms with E-state index in [0.717, 1.165) is 18.7 Å². The third-order valence-electron chi connectivity index (χ3n) is 3.08. The minimum Gasteiger partial charge on any atom is -0.369 e. The number of hydrogen-bond acceptors (Lipinski definition) is 5. The molecule has 22 heavy (non-hydrogen) atoms. The van der Waals surface area contributed by atoms with Gasteiger partial charge in [-0.2, -0.15) is 0 Å². The van der Waals surface area contributed by atoms with Crippen LogP contribution in [0.5, 0.6) is 0 Å². The lowest BCUT2D eigenvalue weighted by molar-refractivity contribution is 0.0944. The summed E-state index contributed by atoms with van der Waals surface area (Å²) in [6.07, 6.45) is 2.76. The van der Waals surface area contributed by atoms with Gasteiger partial charge in [0.15, 0.2) is 5.69 Å². The monoisotopic (exact) mass is 299 g/mol. The van der Waals surface area contributed by atoms with Crippen molar-refractivity contribution in [1.82, 2.24) is 20.5 Å². The van der Waals surface area contributed by atoms with Gasteiger partial charge >= 0.3 is 0 Å². The second kappa shape index (κ2) is 8.07. The van der Waals surface area contributed by atoms with Gasteiger partial charge in [-0.25, -0.2) is 0 Å². The molecule has 0 aromatic carbocycles. The van der Waals surface area contributed by atoms with Crippen molar-refractivity contribution in [2.75, 3.05) is 11.9 Å². The minimum absolute atomic E-state index is 0.258. The first-order valence-corrected chi connectivity index (χ1v) is 7.41. The van der Waals surface area contributed by atoms with Crippen molar-refractivity contribution in [1.29, 1.82) is 0 Å². The fourth-order valence-corrected chi connectivity index (χ4v) is 1.80. The largest absolute Gasteiger partial charge is 0.369 e. The highest BCUT2D eigenvalue weighted by molar-refractivity contribution is 5.92. The molecule has 0 bridgehead atoms. The first-order chi connectivity index (χ1) is 10.6. The van der Waals surface area contributed by atoms with Crippen LogP contribution in [0.25, 0.3) is 0 Å². The Balaban J connectivity index is 1.83. The lowest BCUT2D eigenvalue weighted by atomic mass is 10.1. The van der Waals surface area contributed by atoms with Crippen LogP contribution in [0.2, 0.25) is 0 Å². The summed E-state index contributed by atoms with van der Waals surface area (Å²) < 4.78 is 0. The Bertz CT molecular complexity index is 583. The highest BCUT2D eigenvalue weighted by Gasteiger charge is 2.08. The molecule has 2 aromatic rings. The van der Waals surface area contributed by atoms with E-state index in [2.05, 4.69) is 39.7 Å². The maximum atomic E-state index is 12.0. The molecule has 6 nitrogen and oxygen atoms in total. The molecule has 0 aliphatic rings. The molecular formula is C16H21N5O. The van der Waals surface area contributed by atoms with E-state index in [1.54, 1.807) is 18.3 Å². The SMILES string of the molecule is CC(C)CCNc1ccc(C(=O)NCc2ccccn2)nn1. The topological polar surface area (TPSA) is 79.8 Å². The van der Waals surface area contributed by atoms with Gasteiger partial charge in [-0.3, -0.25) is 9.78 Å². The van der Waals surface area contributed by atoms with Gasteiger partial charge in [-0.05, 0) is 36.6 Å². The highest BCUT2D eigenvalue weighted by atomic mass is 16.1. The first kappa shape index (κ1) is 15.9. The predicted octanol–water partition coefficient (Wildman–Crippen LogP) is 2.26. The molecule has 0 aliphatic heterocycles. The van der Waals surface area contributed by atoms with E-state index in [1.807, 2.05) is 18.2 Å². The zero-order valence-corrected chi connectivity index (χ0v) is 12.9. The van der Waals surface area contributed by atoms with Gasteiger partial charge in [0.1, 0.15) is 5.82 Å². The molecule has 0 spiro atoms. The standard InChI is InChI=1S/C16H21N5O/c1-12(2)8-10-18-15-7-6-14(20-21-15)16(22)19-11-13-5-3-4-9-17-13/h3-7,9,12H,8,10-11H2,1-2H3,(H,18,21)(H,19,22). The zero-order chi connectivity index (χ0) is 15.8. The quantitative estimate of drug-likeness (QED) is 0.819. The Morgan fingerprint density at radius 1 is 1.18 bits per heavy atom. The molecule has 0 atom stereocenters. The fourth-order valence-electron chi connectivity index (χ4n) is 1.80. The summed E-state index contributed by atoms with van der Waals surface area (Å²) in [4.78, 5) is 16.1. The molecule has 2 rings (SSSR count). The smallest absolute Gasteiger partial charge is 0.272 e. The molecule has 2 aromatic heterocycles. The number of nitrogens with zero attached hydrogens (tertiary/aromatic N) is 3. The van der Waals surface area contributed by atoms with E-state index in [9.17, 15) is 4.79 Å². The molecule has 116 valence electrons. The maximum absolute atomic E-state index is 12.0. The Hall–Kier alpha value is -2.50. The number of nitrogens with one attached hydrogen (secondary N) is 2. The third-order valence-corrected chi connectivity index (χ3v) is 3.08. The number of anilines is 1. The summed E-state index contributed by atoms with van der Waals surface area (Å²) in [5.41, 5.74) is 1.10. The second-order valence-corrected chi connectivity index (χ2v) is 5.42. The van der Waals surface area contributed by atoms with Crippen LogP contribution in [0.3, 0.4) is 0 Å². The van der Waals surface area contributed by atoms with Crippen molar-refractivity contribution < 1.29 is 4.79 Å². The molecule has 0 unspecified atom stereocenters. The Morgan fingerprint density at radius 3 is 2.68 bits per heavy atom. The van der Waals surface area contributed by atoms with Crippen LogP contribution in [0.15, 0.2) is 36.5 Å². The number of amides is 1. The molecule has 0 saturated carbocycles. The van der Waals surface area contributed by atoms with Gasteiger partial charge in [0.05, 0.1) is 12.2 Å². The molecule has 2 heterocycles. The van der Waals surface area contributed by atoms with Gasteiger partial charge in [0, 0.05) is 12.7 Å². The second-order valence-electron chi connectivity index (χ2n) is 5.42. The fraction of sp³-hybridized carbons (Fsp3) is 0.375. The van der Waals surface area contributed by atoms with Crippen molar-refractivity contribution in [3.63, 3.8) is 0 Å². The number of pyridine rings is 1. The molecule has 1 amide bonds. The van der Waals surface area contributed by atoms with E-state index in [-0.39, 0.29) is 5.91 Å². The summed E-state index contributed by atoms with van der Waals surface area (Å²) in [6.45, 7) is 5.55. The molecular weight excluding hydrogens is 278 g/mol. The van der Waals surface area contributed by atoms with Crippen molar-refractivity contribution in [3.05, 3.63) is 47.9 Å². The number of aromatic nitrogens is 3. The maximum Gasteiger partial charge on any atom is 0.272 e. The lowest BCUT2D eigenvalue weighted by Gasteiger charge is -2.07. The third kappa shape index (κ3) is 5.12. The van der Waals surface area contributed by atoms with Crippen LogP contribution < -0.4 is 10.6 Å². The van der Waals surface area contributed by atoms with Crippen LogP contribution in [0.4, 0.5) is 5.82 Å². The normalized spacial score (nSPS) is 10.5. The summed E-state index contributed by atoms with van der Waals surface area (Å²) in [7, 11) is 0. The van der Waals surface area contributed by atoms with Crippen LogP contribution in [0, 0.1) is 5.92 Å². The predicted molar refractivity (Wildman–Crippen MR) is 85.4 cm³/mol. The summed E-state index contributed by atoms with van der Waals surface area (Å²) in [6, 6.07) is 9.00. The van der Waals surface area contributed by atoms with Crippen LogP contribution in [0.1, 0.15) is 36.5 Å². The van der Waals surface area contributed by atoms with Crippen molar-refractivity contribution in [2.45, 2.75) is 26.8 Å². The Morgan fingerprint density at radius 2 is 2.05 bits per heavy atom. The van der Waals surface area contributed by atoms with Crippen LogP contribution in [-0.2, 0) is 6.54 Å². The van der Waals surface area contributed by atoms with E-state index in [4.69, 9.17) is 0 Å². The molecule has 0 saturated heterocycles. The lowest BCUT2D eigenvalue weighted by Crippen LogP contribution is -2.24. The van der Waals surface area contributed by atoms with Crippen molar-refractivity contribution in [2.24, 2.45) is 5.92 Å². The zero-order valence-electron chi connectivity index (χ0n) is 12.9. The van der Waals surface area contributed by atoms with Gasteiger partial charge in [-0.15, -0.1) is 10.2 Å². The van der Waals surface area contributed by atoms with Gasteiger partial charge in [0.2, 0.25) is 0 Å². The number of carbonyl (C=O) groups excluding carboxylic acids is 1. The van der Waals surface area contributed by atoms with E-state index < -0.39 is 0 Å². The Kier molecular flexibility index (Phi) is 5.82.